The van der Waals surface area contributed by atoms with Crippen LogP contribution in [0.25, 0.3) is 10.9 Å². The monoisotopic (exact) mass is 337 g/mol. The van der Waals surface area contributed by atoms with E-state index in [4.69, 9.17) is 28.9 Å². The molecule has 0 aliphatic carbocycles. The van der Waals surface area contributed by atoms with Crippen LogP contribution in [0.4, 0.5) is 10.1 Å². The molecule has 3 nitrogen and oxygen atoms in total. The molecule has 0 unspecified atom stereocenters. The molecule has 114 valence electrons. The quantitative estimate of drug-likeness (QED) is 0.614. The molecule has 1 aromatic heterocycles. The predicted molar refractivity (Wildman–Crippen MR) is 89.7 cm³/mol. The number of aromatic nitrogens is 1. The summed E-state index contributed by atoms with van der Waals surface area (Å²) >= 11 is 12.3. The van der Waals surface area contributed by atoms with Crippen molar-refractivity contribution in [3.05, 3.63) is 63.5 Å². The number of H-pyrrole nitrogens is 1. The van der Waals surface area contributed by atoms with Gasteiger partial charge in [-0.25, -0.2) is 4.39 Å². The Kier molecular flexibility index (Phi) is 4.25. The van der Waals surface area contributed by atoms with Crippen LogP contribution in [-0.4, -0.2) is 4.98 Å². The molecule has 22 heavy (non-hydrogen) atoms. The van der Waals surface area contributed by atoms with Crippen molar-refractivity contribution < 1.29 is 4.39 Å². The Morgan fingerprint density at radius 3 is 2.73 bits per heavy atom. The molecule has 3 rings (SSSR count). The van der Waals surface area contributed by atoms with E-state index in [2.05, 4.69) is 10.3 Å². The van der Waals surface area contributed by atoms with E-state index in [-0.39, 0.29) is 5.82 Å². The third-order valence-corrected chi connectivity index (χ3v) is 4.12. The summed E-state index contributed by atoms with van der Waals surface area (Å²) in [4.78, 5) is 3.03. The van der Waals surface area contributed by atoms with E-state index in [1.54, 1.807) is 18.3 Å². The highest BCUT2D eigenvalue weighted by molar-refractivity contribution is 6.42. The van der Waals surface area contributed by atoms with Gasteiger partial charge < -0.3 is 16.0 Å². The molecule has 6 heteroatoms. The highest BCUT2D eigenvalue weighted by Crippen LogP contribution is 2.35. The topological polar surface area (TPSA) is 53.8 Å². The molecule has 0 bridgehead atoms. The largest absolute Gasteiger partial charge is 0.397 e. The number of hydrogen-bond acceptors (Lipinski definition) is 2. The van der Waals surface area contributed by atoms with Crippen molar-refractivity contribution in [1.82, 2.24) is 10.3 Å². The third kappa shape index (κ3) is 2.90. The average Bonchev–Trinajstić information content (AvgIpc) is 2.87. The van der Waals surface area contributed by atoms with E-state index in [0.29, 0.717) is 28.8 Å². The Bertz CT molecular complexity index is 830. The van der Waals surface area contributed by atoms with Crippen LogP contribution in [0.3, 0.4) is 0 Å². The van der Waals surface area contributed by atoms with Gasteiger partial charge in [0.2, 0.25) is 0 Å². The van der Waals surface area contributed by atoms with Crippen molar-refractivity contribution >= 4 is 39.8 Å². The van der Waals surface area contributed by atoms with E-state index >= 15 is 0 Å². The standard InChI is InChI=1S/C16H14Cl2FN3/c17-12-5-10(15(20)16-14(12)13(18)8-22-16)7-21-6-9-2-1-3-11(19)4-9/h1-5,8,21-22H,6-7,20H2. The molecule has 0 saturated carbocycles. The fourth-order valence-electron chi connectivity index (χ4n) is 2.44. The van der Waals surface area contributed by atoms with Gasteiger partial charge in [0.05, 0.1) is 21.2 Å². The first kappa shape index (κ1) is 15.2. The van der Waals surface area contributed by atoms with Crippen molar-refractivity contribution in [3.8, 4) is 0 Å². The minimum absolute atomic E-state index is 0.246. The summed E-state index contributed by atoms with van der Waals surface area (Å²) in [6.45, 7) is 1.06. The van der Waals surface area contributed by atoms with Crippen molar-refractivity contribution in [1.29, 1.82) is 0 Å². The Labute approximate surface area is 137 Å². The average molecular weight is 338 g/mol. The first-order chi connectivity index (χ1) is 10.6. The van der Waals surface area contributed by atoms with E-state index in [9.17, 15) is 4.39 Å². The molecule has 4 N–H and O–H groups in total. The van der Waals surface area contributed by atoms with Crippen LogP contribution in [0.15, 0.2) is 36.5 Å². The van der Waals surface area contributed by atoms with E-state index < -0.39 is 0 Å². The zero-order chi connectivity index (χ0) is 15.7. The first-order valence-corrected chi connectivity index (χ1v) is 7.50. The fraction of sp³-hybridized carbons (Fsp3) is 0.125. The number of nitrogens with one attached hydrogen (secondary N) is 2. The number of hydrogen-bond donors (Lipinski definition) is 3. The van der Waals surface area contributed by atoms with Gasteiger partial charge in [0.25, 0.3) is 0 Å². The zero-order valence-electron chi connectivity index (χ0n) is 11.6. The Hall–Kier alpha value is -1.75. The third-order valence-electron chi connectivity index (χ3n) is 3.52. The van der Waals surface area contributed by atoms with Gasteiger partial charge in [0.15, 0.2) is 0 Å². The van der Waals surface area contributed by atoms with Crippen LogP contribution in [0.5, 0.6) is 0 Å². The summed E-state index contributed by atoms with van der Waals surface area (Å²) in [5.41, 5.74) is 9.24. The molecule has 0 fully saturated rings. The maximum atomic E-state index is 13.1. The second-order valence-corrected chi connectivity index (χ2v) is 5.87. The fourth-order valence-corrected chi connectivity index (χ4v) is 3.07. The van der Waals surface area contributed by atoms with Crippen LogP contribution < -0.4 is 11.1 Å². The second kappa shape index (κ2) is 6.16. The molecule has 1 heterocycles. The van der Waals surface area contributed by atoms with Gasteiger partial charge in [-0.2, -0.15) is 0 Å². The molecule has 0 atom stereocenters. The van der Waals surface area contributed by atoms with Gasteiger partial charge in [-0.1, -0.05) is 35.3 Å². The number of halogens is 3. The molecular formula is C16H14Cl2FN3. The highest BCUT2D eigenvalue weighted by Gasteiger charge is 2.13. The predicted octanol–water partition coefficient (Wildman–Crippen LogP) is 4.49. The summed E-state index contributed by atoms with van der Waals surface area (Å²) < 4.78 is 13.1. The maximum Gasteiger partial charge on any atom is 0.123 e. The maximum absolute atomic E-state index is 13.1. The normalized spacial score (nSPS) is 11.2. The SMILES string of the molecule is Nc1c(CNCc2cccc(F)c2)cc(Cl)c2c(Cl)c[nH]c12. The smallest absolute Gasteiger partial charge is 0.123 e. The molecule has 0 spiro atoms. The molecule has 0 aliphatic rings. The van der Waals surface area contributed by atoms with Crippen LogP contribution in [0, 0.1) is 5.82 Å². The first-order valence-electron chi connectivity index (χ1n) is 6.75. The summed E-state index contributed by atoms with van der Waals surface area (Å²) in [6.07, 6.45) is 1.67. The molecule has 3 aromatic rings. The molecule has 0 aliphatic heterocycles. The summed E-state index contributed by atoms with van der Waals surface area (Å²) in [5.74, 6) is -0.246. The van der Waals surface area contributed by atoms with Gasteiger partial charge in [0, 0.05) is 24.7 Å². The number of benzene rings is 2. The van der Waals surface area contributed by atoms with Gasteiger partial charge in [-0.05, 0) is 29.3 Å². The summed E-state index contributed by atoms with van der Waals surface area (Å²) in [6, 6.07) is 8.27. The Morgan fingerprint density at radius 2 is 1.95 bits per heavy atom. The number of fused-ring (bicyclic) bond motifs is 1. The number of anilines is 1. The lowest BCUT2D eigenvalue weighted by Crippen LogP contribution is -2.14. The zero-order valence-corrected chi connectivity index (χ0v) is 13.1. The molecule has 0 amide bonds. The van der Waals surface area contributed by atoms with Gasteiger partial charge >= 0.3 is 0 Å². The van der Waals surface area contributed by atoms with E-state index in [0.717, 1.165) is 22.0 Å². The number of rotatable bonds is 4. The van der Waals surface area contributed by atoms with Gasteiger partial charge in [-0.3, -0.25) is 0 Å². The van der Waals surface area contributed by atoms with Crippen molar-refractivity contribution in [2.45, 2.75) is 13.1 Å². The van der Waals surface area contributed by atoms with Crippen LogP contribution in [-0.2, 0) is 13.1 Å². The minimum atomic E-state index is -0.246. The lowest BCUT2D eigenvalue weighted by atomic mass is 10.1. The van der Waals surface area contributed by atoms with Crippen LogP contribution >= 0.6 is 23.2 Å². The summed E-state index contributed by atoms with van der Waals surface area (Å²) in [5, 5.41) is 5.06. The van der Waals surface area contributed by atoms with Crippen molar-refractivity contribution in [2.24, 2.45) is 0 Å². The second-order valence-electron chi connectivity index (χ2n) is 5.05. The number of nitrogen functional groups attached to an aromatic ring is 1. The highest BCUT2D eigenvalue weighted by atomic mass is 35.5. The van der Waals surface area contributed by atoms with Crippen molar-refractivity contribution in [2.75, 3.05) is 5.73 Å². The van der Waals surface area contributed by atoms with Gasteiger partial charge in [0.1, 0.15) is 5.82 Å². The molecular weight excluding hydrogens is 324 g/mol. The number of aromatic amines is 1. The number of nitrogens with two attached hydrogens (primary N) is 1. The Balaban J connectivity index is 1.78. The van der Waals surface area contributed by atoms with Crippen molar-refractivity contribution in [3.63, 3.8) is 0 Å². The molecule has 0 radical (unpaired) electrons. The van der Waals surface area contributed by atoms with Crippen LogP contribution in [0.2, 0.25) is 10.0 Å². The van der Waals surface area contributed by atoms with E-state index in [1.807, 2.05) is 6.07 Å². The minimum Gasteiger partial charge on any atom is -0.397 e. The lowest BCUT2D eigenvalue weighted by Gasteiger charge is -2.10. The van der Waals surface area contributed by atoms with E-state index in [1.165, 1.54) is 12.1 Å². The molecule has 0 saturated heterocycles. The van der Waals surface area contributed by atoms with Crippen LogP contribution in [0.1, 0.15) is 11.1 Å². The summed E-state index contributed by atoms with van der Waals surface area (Å²) in [7, 11) is 0. The Morgan fingerprint density at radius 1 is 1.14 bits per heavy atom. The molecule has 2 aromatic carbocycles. The lowest BCUT2D eigenvalue weighted by molar-refractivity contribution is 0.620. The van der Waals surface area contributed by atoms with Gasteiger partial charge in [-0.15, -0.1) is 0 Å².